The van der Waals surface area contributed by atoms with E-state index in [0.29, 0.717) is 25.2 Å². The van der Waals surface area contributed by atoms with Gasteiger partial charge in [-0.05, 0) is 23.6 Å². The van der Waals surface area contributed by atoms with Gasteiger partial charge in [-0.15, -0.1) is 0 Å². The normalized spacial score (nSPS) is 15.2. The number of nitrogens with zero attached hydrogens (tertiary/aromatic N) is 1. The Kier molecular flexibility index (Phi) is 3.02. The summed E-state index contributed by atoms with van der Waals surface area (Å²) in [6, 6.07) is 7.59. The second-order valence-corrected chi connectivity index (χ2v) is 3.93. The molecule has 3 nitrogen and oxygen atoms in total. The number of ketones is 1. The number of hydrogen-bond acceptors (Lipinski definition) is 3. The quantitative estimate of drug-likeness (QED) is 0.728. The van der Waals surface area contributed by atoms with Gasteiger partial charge >= 0.3 is 0 Å². The first-order valence-electron chi connectivity index (χ1n) is 5.39. The van der Waals surface area contributed by atoms with Gasteiger partial charge in [0.25, 0.3) is 0 Å². The highest BCUT2D eigenvalue weighted by Gasteiger charge is 2.20. The number of Topliss-reactive ketones (excluding diaryl/α,β-unsaturated/α-hetero) is 1. The van der Waals surface area contributed by atoms with Crippen LogP contribution in [0.15, 0.2) is 18.2 Å². The van der Waals surface area contributed by atoms with Gasteiger partial charge in [0.1, 0.15) is 5.92 Å². The van der Waals surface area contributed by atoms with E-state index in [-0.39, 0.29) is 5.78 Å². The Morgan fingerprint density at radius 1 is 1.50 bits per heavy atom. The highest BCUT2D eigenvalue weighted by atomic mass is 16.5. The minimum absolute atomic E-state index is 0.0836. The maximum absolute atomic E-state index is 11.9. The van der Waals surface area contributed by atoms with Gasteiger partial charge in [-0.1, -0.05) is 19.1 Å². The number of carbonyl (C=O) groups is 1. The van der Waals surface area contributed by atoms with E-state index in [0.717, 1.165) is 11.1 Å². The summed E-state index contributed by atoms with van der Waals surface area (Å²) in [6.45, 7) is 3.04. The zero-order valence-electron chi connectivity index (χ0n) is 9.19. The Hall–Kier alpha value is -1.66. The number of benzene rings is 1. The molecule has 3 heteroatoms. The van der Waals surface area contributed by atoms with Gasteiger partial charge in [-0.3, -0.25) is 4.79 Å². The van der Waals surface area contributed by atoms with Crippen LogP contribution in [0.4, 0.5) is 0 Å². The Labute approximate surface area is 94.6 Å². The van der Waals surface area contributed by atoms with Crippen molar-refractivity contribution >= 4 is 5.78 Å². The van der Waals surface area contributed by atoms with Crippen molar-refractivity contribution in [1.29, 1.82) is 5.26 Å². The van der Waals surface area contributed by atoms with Crippen LogP contribution in [0.2, 0.25) is 0 Å². The predicted octanol–water partition coefficient (Wildman–Crippen LogP) is 2.45. The zero-order valence-corrected chi connectivity index (χ0v) is 9.19. The van der Waals surface area contributed by atoms with Gasteiger partial charge in [0.2, 0.25) is 0 Å². The lowest BCUT2D eigenvalue weighted by atomic mass is 9.94. The van der Waals surface area contributed by atoms with Gasteiger partial charge in [0, 0.05) is 5.56 Å². The molecule has 16 heavy (non-hydrogen) atoms. The topological polar surface area (TPSA) is 50.1 Å². The smallest absolute Gasteiger partial charge is 0.179 e. The van der Waals surface area contributed by atoms with Crippen molar-refractivity contribution in [3.05, 3.63) is 34.9 Å². The van der Waals surface area contributed by atoms with Crippen LogP contribution in [0.1, 0.15) is 34.8 Å². The third-order valence-corrected chi connectivity index (χ3v) is 2.89. The highest BCUT2D eigenvalue weighted by molar-refractivity contribution is 5.99. The van der Waals surface area contributed by atoms with E-state index >= 15 is 0 Å². The van der Waals surface area contributed by atoms with E-state index in [1.54, 1.807) is 6.07 Å². The molecule has 1 aromatic carbocycles. The second kappa shape index (κ2) is 4.46. The molecule has 82 valence electrons. The van der Waals surface area contributed by atoms with Crippen LogP contribution in [0.3, 0.4) is 0 Å². The number of nitriles is 1. The average molecular weight is 215 g/mol. The summed E-state index contributed by atoms with van der Waals surface area (Å²) in [6.07, 6.45) is 0.558. The Balaban J connectivity index is 2.28. The summed E-state index contributed by atoms with van der Waals surface area (Å²) >= 11 is 0. The lowest BCUT2D eigenvalue weighted by molar-refractivity contribution is 0.0946. The fourth-order valence-corrected chi connectivity index (χ4v) is 1.86. The summed E-state index contributed by atoms with van der Waals surface area (Å²) < 4.78 is 5.29. The van der Waals surface area contributed by atoms with Crippen LogP contribution >= 0.6 is 0 Å². The van der Waals surface area contributed by atoms with Crippen molar-refractivity contribution in [2.24, 2.45) is 5.92 Å². The van der Waals surface area contributed by atoms with E-state index in [1.807, 2.05) is 25.1 Å². The number of rotatable bonds is 3. The van der Waals surface area contributed by atoms with Gasteiger partial charge in [-0.2, -0.15) is 5.26 Å². The molecule has 0 saturated carbocycles. The summed E-state index contributed by atoms with van der Waals surface area (Å²) in [4.78, 5) is 11.9. The molecule has 1 unspecified atom stereocenters. The van der Waals surface area contributed by atoms with E-state index in [4.69, 9.17) is 10.00 Å². The van der Waals surface area contributed by atoms with Gasteiger partial charge in [-0.25, -0.2) is 0 Å². The lowest BCUT2D eigenvalue weighted by Gasteiger charge is -2.06. The van der Waals surface area contributed by atoms with Crippen molar-refractivity contribution in [2.75, 3.05) is 0 Å². The molecule has 0 aromatic heterocycles. The first-order valence-corrected chi connectivity index (χ1v) is 5.39. The predicted molar refractivity (Wildman–Crippen MR) is 58.7 cm³/mol. The monoisotopic (exact) mass is 215 g/mol. The maximum atomic E-state index is 11.9. The molecule has 1 atom stereocenters. The fraction of sp³-hybridized carbons (Fsp3) is 0.385. The first kappa shape index (κ1) is 10.8. The van der Waals surface area contributed by atoms with Crippen LogP contribution in [-0.2, 0) is 18.0 Å². The molecule has 0 N–H and O–H groups in total. The van der Waals surface area contributed by atoms with E-state index in [1.165, 1.54) is 0 Å². The van der Waals surface area contributed by atoms with Gasteiger partial charge in [0.05, 0.1) is 19.3 Å². The molecular weight excluding hydrogens is 202 g/mol. The molecule has 0 saturated heterocycles. The van der Waals surface area contributed by atoms with Crippen LogP contribution < -0.4 is 0 Å². The molecule has 0 aliphatic carbocycles. The summed E-state index contributed by atoms with van der Waals surface area (Å²) in [5, 5.41) is 8.86. The third-order valence-electron chi connectivity index (χ3n) is 2.89. The molecule has 0 radical (unpaired) electrons. The number of carbonyl (C=O) groups excluding carboxylic acids is 1. The Morgan fingerprint density at radius 2 is 2.25 bits per heavy atom. The molecule has 2 rings (SSSR count). The van der Waals surface area contributed by atoms with Gasteiger partial charge < -0.3 is 4.74 Å². The molecule has 0 fully saturated rings. The average Bonchev–Trinajstić information content (AvgIpc) is 2.77. The van der Waals surface area contributed by atoms with E-state index < -0.39 is 5.92 Å². The maximum Gasteiger partial charge on any atom is 0.179 e. The van der Waals surface area contributed by atoms with Crippen molar-refractivity contribution in [1.82, 2.24) is 0 Å². The van der Waals surface area contributed by atoms with Crippen molar-refractivity contribution in [2.45, 2.75) is 26.6 Å². The Bertz CT molecular complexity index is 459. The Morgan fingerprint density at radius 3 is 2.94 bits per heavy atom. The minimum Gasteiger partial charge on any atom is -0.372 e. The molecule has 1 heterocycles. The molecule has 1 aliphatic heterocycles. The number of fused-ring (bicyclic) bond motifs is 1. The third kappa shape index (κ3) is 1.84. The molecule has 1 aromatic rings. The molecule has 0 spiro atoms. The molecule has 1 aliphatic rings. The second-order valence-electron chi connectivity index (χ2n) is 3.93. The van der Waals surface area contributed by atoms with Crippen LogP contribution in [0.25, 0.3) is 0 Å². The number of hydrogen-bond donors (Lipinski definition) is 0. The molecular formula is C13H13NO2. The molecule has 0 bridgehead atoms. The van der Waals surface area contributed by atoms with E-state index in [2.05, 4.69) is 0 Å². The van der Waals surface area contributed by atoms with Gasteiger partial charge in [0.15, 0.2) is 5.78 Å². The summed E-state index contributed by atoms with van der Waals surface area (Å²) in [7, 11) is 0. The van der Waals surface area contributed by atoms with Crippen LogP contribution in [0.5, 0.6) is 0 Å². The molecule has 0 amide bonds. The largest absolute Gasteiger partial charge is 0.372 e. The van der Waals surface area contributed by atoms with Crippen molar-refractivity contribution in [3.63, 3.8) is 0 Å². The van der Waals surface area contributed by atoms with Crippen molar-refractivity contribution in [3.8, 4) is 6.07 Å². The van der Waals surface area contributed by atoms with Crippen LogP contribution in [0, 0.1) is 17.2 Å². The van der Waals surface area contributed by atoms with E-state index in [9.17, 15) is 4.79 Å². The highest BCUT2D eigenvalue weighted by Crippen LogP contribution is 2.22. The SMILES string of the molecule is CCC(C#N)C(=O)c1ccc2c(c1)COC2. The van der Waals surface area contributed by atoms with Crippen LogP contribution in [-0.4, -0.2) is 5.78 Å². The zero-order chi connectivity index (χ0) is 11.5. The first-order chi connectivity index (χ1) is 7.76. The number of ether oxygens (including phenoxy) is 1. The standard InChI is InChI=1S/C13H13NO2/c1-2-9(6-14)13(15)10-3-4-11-7-16-8-12(11)5-10/h3-5,9H,2,7-8H2,1H3. The van der Waals surface area contributed by atoms with Crippen molar-refractivity contribution < 1.29 is 9.53 Å². The minimum atomic E-state index is -0.527. The fourth-order valence-electron chi connectivity index (χ4n) is 1.86. The lowest BCUT2D eigenvalue weighted by Crippen LogP contribution is -2.12. The summed E-state index contributed by atoms with van der Waals surface area (Å²) in [5.41, 5.74) is 2.83. The summed E-state index contributed by atoms with van der Waals surface area (Å²) in [5.74, 6) is -0.611.